The average Bonchev–Trinajstić information content (AvgIpc) is 3.36. The molecule has 0 radical (unpaired) electrons. The molecule has 5 aliphatic rings. The summed E-state index contributed by atoms with van der Waals surface area (Å²) in [4.78, 5) is 23.0. The highest BCUT2D eigenvalue weighted by atomic mass is 16.4. The summed E-state index contributed by atoms with van der Waals surface area (Å²) in [6.07, 6.45) is 10.5. The SMILES string of the molecule is C[C@H]1CC2=CC(=O)CC[C@@H]2[C@H]2CC[C@@]3(C)[C@@H]([C@H]4C[C@H]4[C@@]3(O)/C=C\C(=O)O)[C@@H]21. The Morgan fingerprint density at radius 1 is 1.30 bits per heavy atom. The Kier molecular flexibility index (Phi) is 3.64. The Morgan fingerprint density at radius 3 is 2.81 bits per heavy atom. The van der Waals surface area contributed by atoms with Crippen LogP contribution in [0.1, 0.15) is 52.4 Å². The van der Waals surface area contributed by atoms with E-state index in [1.807, 2.05) is 6.08 Å². The molecule has 0 spiro atoms. The van der Waals surface area contributed by atoms with Gasteiger partial charge >= 0.3 is 5.97 Å². The van der Waals surface area contributed by atoms with Gasteiger partial charge in [0.2, 0.25) is 0 Å². The van der Waals surface area contributed by atoms with E-state index in [-0.39, 0.29) is 11.3 Å². The van der Waals surface area contributed by atoms with Crippen molar-refractivity contribution in [2.45, 2.75) is 58.0 Å². The lowest BCUT2D eigenvalue weighted by Crippen LogP contribution is -2.56. The number of aliphatic carboxylic acids is 1. The van der Waals surface area contributed by atoms with Crippen LogP contribution in [0, 0.1) is 46.8 Å². The number of ketones is 1. The number of allylic oxidation sites excluding steroid dienone is 1. The lowest BCUT2D eigenvalue weighted by molar-refractivity contribution is -0.133. The van der Waals surface area contributed by atoms with Gasteiger partial charge in [-0.2, -0.15) is 0 Å². The number of hydrogen-bond donors (Lipinski definition) is 2. The summed E-state index contributed by atoms with van der Waals surface area (Å²) in [5.74, 6) is 2.83. The summed E-state index contributed by atoms with van der Waals surface area (Å²) in [7, 11) is 0. The summed E-state index contributed by atoms with van der Waals surface area (Å²) >= 11 is 0. The summed E-state index contributed by atoms with van der Waals surface area (Å²) in [6.45, 7) is 4.55. The first-order chi connectivity index (χ1) is 12.8. The zero-order valence-electron chi connectivity index (χ0n) is 16.2. The summed E-state index contributed by atoms with van der Waals surface area (Å²) in [6, 6.07) is 0. The van der Waals surface area contributed by atoms with Gasteiger partial charge in [0.05, 0.1) is 5.60 Å². The van der Waals surface area contributed by atoms with Gasteiger partial charge in [0.15, 0.2) is 5.78 Å². The third-order valence-electron chi connectivity index (χ3n) is 9.16. The number of fused-ring (bicyclic) bond motifs is 7. The van der Waals surface area contributed by atoms with Gasteiger partial charge in [0, 0.05) is 17.9 Å². The first-order valence-electron chi connectivity index (χ1n) is 10.6. The Morgan fingerprint density at radius 2 is 2.07 bits per heavy atom. The van der Waals surface area contributed by atoms with Gasteiger partial charge < -0.3 is 10.2 Å². The number of carbonyl (C=O) groups is 2. The number of carbonyl (C=O) groups excluding carboxylic acids is 1. The third kappa shape index (κ3) is 2.25. The topological polar surface area (TPSA) is 74.6 Å². The molecule has 0 aromatic carbocycles. The predicted octanol–water partition coefficient (Wildman–Crippen LogP) is 3.60. The van der Waals surface area contributed by atoms with Crippen molar-refractivity contribution in [1.29, 1.82) is 0 Å². The second-order valence-electron chi connectivity index (χ2n) is 10.2. The smallest absolute Gasteiger partial charge is 0.328 e. The molecule has 9 atom stereocenters. The van der Waals surface area contributed by atoms with E-state index in [0.717, 1.165) is 38.2 Å². The fourth-order valence-corrected chi connectivity index (χ4v) is 8.12. The summed E-state index contributed by atoms with van der Waals surface area (Å²) < 4.78 is 0. The molecule has 2 N–H and O–H groups in total. The monoisotopic (exact) mass is 370 g/mol. The maximum absolute atomic E-state index is 11.9. The van der Waals surface area contributed by atoms with Crippen LogP contribution < -0.4 is 0 Å². The second kappa shape index (κ2) is 5.56. The van der Waals surface area contributed by atoms with Crippen molar-refractivity contribution in [1.82, 2.24) is 0 Å². The maximum atomic E-state index is 11.9. The quantitative estimate of drug-likeness (QED) is 0.728. The van der Waals surface area contributed by atoms with Crippen LogP contribution in [0.15, 0.2) is 23.8 Å². The molecule has 4 heteroatoms. The molecule has 0 heterocycles. The molecule has 146 valence electrons. The van der Waals surface area contributed by atoms with Crippen LogP contribution in [0.2, 0.25) is 0 Å². The van der Waals surface area contributed by atoms with Crippen molar-refractivity contribution >= 4 is 11.8 Å². The number of carboxylic acids is 1. The molecule has 4 fully saturated rings. The highest BCUT2D eigenvalue weighted by Crippen LogP contribution is 2.76. The van der Waals surface area contributed by atoms with Crippen LogP contribution in [0.3, 0.4) is 0 Å². The van der Waals surface area contributed by atoms with Crippen LogP contribution >= 0.6 is 0 Å². The zero-order chi connectivity index (χ0) is 19.1. The molecule has 4 nitrogen and oxygen atoms in total. The Balaban J connectivity index is 1.52. The highest BCUT2D eigenvalue weighted by Gasteiger charge is 2.75. The van der Waals surface area contributed by atoms with Crippen molar-refractivity contribution in [3.05, 3.63) is 23.8 Å². The lowest BCUT2D eigenvalue weighted by atomic mass is 9.47. The van der Waals surface area contributed by atoms with Gasteiger partial charge in [0.1, 0.15) is 0 Å². The summed E-state index contributed by atoms with van der Waals surface area (Å²) in [5, 5.41) is 20.8. The number of rotatable bonds is 2. The minimum atomic E-state index is -0.982. The molecule has 0 unspecified atom stereocenters. The van der Waals surface area contributed by atoms with Gasteiger partial charge in [-0.1, -0.05) is 19.4 Å². The van der Waals surface area contributed by atoms with Gasteiger partial charge in [-0.05, 0) is 85.7 Å². The first-order valence-corrected chi connectivity index (χ1v) is 10.6. The fraction of sp³-hybridized carbons (Fsp3) is 0.739. The van der Waals surface area contributed by atoms with E-state index >= 15 is 0 Å². The minimum Gasteiger partial charge on any atom is -0.478 e. The Bertz CT molecular complexity index is 766. The molecule has 5 rings (SSSR count). The number of hydrogen-bond acceptors (Lipinski definition) is 3. The highest BCUT2D eigenvalue weighted by molar-refractivity contribution is 5.91. The van der Waals surface area contributed by atoms with E-state index in [1.54, 1.807) is 6.08 Å². The van der Waals surface area contributed by atoms with E-state index in [4.69, 9.17) is 5.11 Å². The van der Waals surface area contributed by atoms with Gasteiger partial charge in [-0.3, -0.25) is 4.79 Å². The lowest BCUT2D eigenvalue weighted by Gasteiger charge is -2.58. The minimum absolute atomic E-state index is 0.221. The normalized spacial score (nSPS) is 53.2. The second-order valence-corrected chi connectivity index (χ2v) is 10.2. The molecule has 0 saturated heterocycles. The van der Waals surface area contributed by atoms with Crippen LogP contribution in [0.25, 0.3) is 0 Å². The number of carboxylic acid groups (broad SMARTS) is 1. The van der Waals surface area contributed by atoms with Crippen molar-refractivity contribution in [2.24, 2.45) is 46.8 Å². The van der Waals surface area contributed by atoms with Gasteiger partial charge in [-0.25, -0.2) is 4.79 Å². The van der Waals surface area contributed by atoms with Crippen molar-refractivity contribution in [2.75, 3.05) is 0 Å². The van der Waals surface area contributed by atoms with E-state index < -0.39 is 11.6 Å². The fourth-order valence-electron chi connectivity index (χ4n) is 8.12. The third-order valence-corrected chi connectivity index (χ3v) is 9.16. The van der Waals surface area contributed by atoms with E-state index in [9.17, 15) is 14.7 Å². The van der Waals surface area contributed by atoms with Crippen molar-refractivity contribution < 1.29 is 19.8 Å². The van der Waals surface area contributed by atoms with Crippen LogP contribution in [-0.4, -0.2) is 27.6 Å². The standard InChI is InChI=1S/C23H30O4/c1-12-9-13-10-14(24)3-4-15(13)16-5-7-22(2)21(20(12)16)17-11-18(17)23(22,27)8-6-19(25)26/h6,8,10,12,15-18,20-21,27H,3-5,7,9,11H2,1-2H3,(H,25,26)/b8-6-/t12-,15-,16+,17-,18+,20+,21-,22-,23-/m0/s1. The molecule has 0 bridgehead atoms. The molecular formula is C23H30O4. The van der Waals surface area contributed by atoms with E-state index in [2.05, 4.69) is 13.8 Å². The molecular weight excluding hydrogens is 340 g/mol. The van der Waals surface area contributed by atoms with Crippen LogP contribution in [-0.2, 0) is 9.59 Å². The van der Waals surface area contributed by atoms with Gasteiger partial charge in [0.25, 0.3) is 0 Å². The zero-order valence-corrected chi connectivity index (χ0v) is 16.2. The van der Waals surface area contributed by atoms with Crippen LogP contribution in [0.5, 0.6) is 0 Å². The molecule has 0 aromatic heterocycles. The Hall–Kier alpha value is -1.42. The Labute approximate surface area is 160 Å². The number of aliphatic hydroxyl groups is 1. The maximum Gasteiger partial charge on any atom is 0.328 e. The largest absolute Gasteiger partial charge is 0.478 e. The van der Waals surface area contributed by atoms with E-state index in [1.165, 1.54) is 5.57 Å². The molecule has 0 aromatic rings. The van der Waals surface area contributed by atoms with Crippen LogP contribution in [0.4, 0.5) is 0 Å². The van der Waals surface area contributed by atoms with Gasteiger partial charge in [-0.15, -0.1) is 0 Å². The van der Waals surface area contributed by atoms with Crippen molar-refractivity contribution in [3.63, 3.8) is 0 Å². The van der Waals surface area contributed by atoms with Crippen molar-refractivity contribution in [3.8, 4) is 0 Å². The average molecular weight is 370 g/mol. The molecule has 27 heavy (non-hydrogen) atoms. The van der Waals surface area contributed by atoms with E-state index in [0.29, 0.717) is 47.7 Å². The molecule has 0 aliphatic heterocycles. The molecule has 4 saturated carbocycles. The first kappa shape index (κ1) is 17.7. The predicted molar refractivity (Wildman–Crippen MR) is 101 cm³/mol. The molecule has 0 amide bonds. The summed E-state index contributed by atoms with van der Waals surface area (Å²) in [5.41, 5.74) is 0.174. The molecule has 5 aliphatic carbocycles.